The van der Waals surface area contributed by atoms with Gasteiger partial charge in [0.05, 0.1) is 17.5 Å². The van der Waals surface area contributed by atoms with Gasteiger partial charge in [0.25, 0.3) is 5.91 Å². The Morgan fingerprint density at radius 3 is 2.55 bits per heavy atom. The topological polar surface area (TPSA) is 87.6 Å². The van der Waals surface area contributed by atoms with Gasteiger partial charge in [0.1, 0.15) is 0 Å². The van der Waals surface area contributed by atoms with Gasteiger partial charge in [0.2, 0.25) is 0 Å². The van der Waals surface area contributed by atoms with Crippen molar-refractivity contribution in [3.05, 3.63) is 65.7 Å². The number of rotatable bonds is 5. The number of amides is 1. The van der Waals surface area contributed by atoms with Crippen molar-refractivity contribution in [2.24, 2.45) is 4.99 Å². The van der Waals surface area contributed by atoms with E-state index < -0.39 is 9.84 Å². The van der Waals surface area contributed by atoms with Gasteiger partial charge >= 0.3 is 0 Å². The van der Waals surface area contributed by atoms with Crippen LogP contribution < -0.4 is 10.6 Å². The summed E-state index contributed by atoms with van der Waals surface area (Å²) in [5, 5.41) is 6.95. The molecule has 0 bridgehead atoms. The maximum absolute atomic E-state index is 12.4. The molecule has 2 aliphatic rings. The van der Waals surface area contributed by atoms with Gasteiger partial charge in [-0.3, -0.25) is 9.79 Å². The summed E-state index contributed by atoms with van der Waals surface area (Å²) in [5.74, 6) is 0.460. The molecule has 1 fully saturated rings. The number of hydrogen-bond donors (Lipinski definition) is 2. The molecule has 4 rings (SSSR count). The molecule has 6 nitrogen and oxygen atoms in total. The van der Waals surface area contributed by atoms with E-state index in [1.165, 1.54) is 17.3 Å². The minimum atomic E-state index is -2.95. The Balaban J connectivity index is 1.31. The van der Waals surface area contributed by atoms with Crippen molar-refractivity contribution in [3.8, 4) is 0 Å². The number of carbonyl (C=O) groups is 1. The number of anilines is 1. The molecule has 2 aromatic carbocycles. The predicted molar refractivity (Wildman–Crippen MR) is 119 cm³/mol. The number of sulfone groups is 1. The van der Waals surface area contributed by atoms with Crippen LogP contribution in [0, 0.1) is 0 Å². The Hall–Kier alpha value is -2.32. The number of hydrogen-bond acceptors (Lipinski definition) is 6. The molecule has 2 aliphatic heterocycles. The molecule has 1 amide bonds. The van der Waals surface area contributed by atoms with Crippen LogP contribution in [0.4, 0.5) is 5.69 Å². The highest BCUT2D eigenvalue weighted by Crippen LogP contribution is 2.34. The fraction of sp³-hybridized carbons (Fsp3) is 0.333. The molecule has 0 spiro atoms. The van der Waals surface area contributed by atoms with Crippen LogP contribution in [-0.4, -0.2) is 48.8 Å². The van der Waals surface area contributed by atoms with Crippen LogP contribution in [0.5, 0.6) is 0 Å². The van der Waals surface area contributed by atoms with Crippen LogP contribution in [-0.2, 0) is 9.84 Å². The summed E-state index contributed by atoms with van der Waals surface area (Å²) in [4.78, 5) is 16.9. The molecule has 0 radical (unpaired) electrons. The van der Waals surface area contributed by atoms with Crippen molar-refractivity contribution < 1.29 is 13.2 Å². The molecule has 3 atom stereocenters. The molecule has 152 valence electrons. The monoisotopic (exact) mass is 429 g/mol. The van der Waals surface area contributed by atoms with Crippen molar-refractivity contribution in [2.75, 3.05) is 23.4 Å². The van der Waals surface area contributed by atoms with Crippen LogP contribution in [0.2, 0.25) is 0 Å². The van der Waals surface area contributed by atoms with Crippen LogP contribution in [0.1, 0.15) is 28.8 Å². The lowest BCUT2D eigenvalue weighted by Crippen LogP contribution is -2.27. The number of thioether (sulfide) groups is 1. The molecule has 1 saturated heterocycles. The zero-order chi connectivity index (χ0) is 20.4. The predicted octanol–water partition coefficient (Wildman–Crippen LogP) is 2.90. The third-order valence-electron chi connectivity index (χ3n) is 5.15. The average Bonchev–Trinajstić information content (AvgIpc) is 3.19. The second kappa shape index (κ2) is 8.20. The minimum absolute atomic E-state index is 0.0131. The number of aliphatic imine (C=N–C) groups is 1. The lowest BCUT2D eigenvalue weighted by atomic mass is 10.0. The lowest BCUT2D eigenvalue weighted by Gasteiger charge is -2.13. The summed E-state index contributed by atoms with van der Waals surface area (Å²) >= 11 is 1.48. The zero-order valence-corrected chi connectivity index (χ0v) is 17.7. The van der Waals surface area contributed by atoms with E-state index in [-0.39, 0.29) is 34.6 Å². The standard InChI is InChI=1S/C21H23N3O3S2/c1-14(15-5-3-2-4-6-15)11-22-20(25)16-7-9-17(10-8-16)23-21-24-18-12-29(26,27)13-19(18)28-21/h2-10,14,18-19H,11-13H2,1H3,(H,22,25)(H,23,24)/t14-,18-,19-/m1/s1. The molecule has 29 heavy (non-hydrogen) atoms. The van der Waals surface area contributed by atoms with Crippen LogP contribution in [0.25, 0.3) is 0 Å². The first kappa shape index (κ1) is 20.0. The maximum atomic E-state index is 12.4. The Bertz CT molecular complexity index is 1020. The molecule has 0 unspecified atom stereocenters. The van der Waals surface area contributed by atoms with Gasteiger partial charge < -0.3 is 10.6 Å². The zero-order valence-electron chi connectivity index (χ0n) is 16.0. The molecule has 8 heteroatoms. The molecular weight excluding hydrogens is 406 g/mol. The van der Waals surface area contributed by atoms with E-state index in [0.29, 0.717) is 12.1 Å². The fourth-order valence-electron chi connectivity index (χ4n) is 3.49. The van der Waals surface area contributed by atoms with Crippen LogP contribution in [0.3, 0.4) is 0 Å². The largest absolute Gasteiger partial charge is 0.351 e. The summed E-state index contributed by atoms with van der Waals surface area (Å²) in [6.07, 6.45) is 0. The van der Waals surface area contributed by atoms with E-state index in [9.17, 15) is 13.2 Å². The quantitative estimate of drug-likeness (QED) is 0.763. The molecular formula is C21H23N3O3S2. The average molecular weight is 430 g/mol. The van der Waals surface area contributed by atoms with Gasteiger partial charge in [-0.1, -0.05) is 49.0 Å². The molecule has 2 N–H and O–H groups in total. The first-order valence-corrected chi connectivity index (χ1v) is 12.2. The summed E-state index contributed by atoms with van der Waals surface area (Å²) < 4.78 is 23.3. The summed E-state index contributed by atoms with van der Waals surface area (Å²) in [7, 11) is -2.95. The number of fused-ring (bicyclic) bond motifs is 1. The Kier molecular flexibility index (Phi) is 5.65. The van der Waals surface area contributed by atoms with Crippen molar-refractivity contribution in [1.82, 2.24) is 5.32 Å². The minimum Gasteiger partial charge on any atom is -0.351 e. The summed E-state index contributed by atoms with van der Waals surface area (Å²) in [6.45, 7) is 2.66. The number of benzene rings is 2. The van der Waals surface area contributed by atoms with E-state index in [4.69, 9.17) is 0 Å². The van der Waals surface area contributed by atoms with E-state index in [0.717, 1.165) is 10.9 Å². The second-order valence-electron chi connectivity index (χ2n) is 7.46. The van der Waals surface area contributed by atoms with E-state index in [1.807, 2.05) is 30.3 Å². The van der Waals surface area contributed by atoms with Crippen molar-refractivity contribution >= 4 is 38.4 Å². The van der Waals surface area contributed by atoms with Gasteiger partial charge in [-0.15, -0.1) is 0 Å². The number of carbonyl (C=O) groups excluding carboxylic acids is 1. The number of nitrogens with one attached hydrogen (secondary N) is 2. The first-order valence-electron chi connectivity index (χ1n) is 9.55. The summed E-state index contributed by atoms with van der Waals surface area (Å²) in [6, 6.07) is 17.2. The third-order valence-corrected chi connectivity index (χ3v) is 8.30. The maximum Gasteiger partial charge on any atom is 0.251 e. The Morgan fingerprint density at radius 2 is 1.86 bits per heavy atom. The van der Waals surface area contributed by atoms with Crippen LogP contribution in [0.15, 0.2) is 59.6 Å². The van der Waals surface area contributed by atoms with Gasteiger partial charge in [-0.05, 0) is 35.7 Å². The van der Waals surface area contributed by atoms with Gasteiger partial charge in [0, 0.05) is 23.0 Å². The van der Waals surface area contributed by atoms with Gasteiger partial charge in [-0.25, -0.2) is 8.42 Å². The molecule has 0 aromatic heterocycles. The van der Waals surface area contributed by atoms with Crippen LogP contribution >= 0.6 is 11.8 Å². The second-order valence-corrected chi connectivity index (χ2v) is 10.8. The highest BCUT2D eigenvalue weighted by atomic mass is 32.2. The highest BCUT2D eigenvalue weighted by Gasteiger charge is 2.42. The van der Waals surface area contributed by atoms with E-state index in [1.54, 1.807) is 12.1 Å². The molecule has 0 saturated carbocycles. The number of amidine groups is 1. The Morgan fingerprint density at radius 1 is 1.14 bits per heavy atom. The lowest BCUT2D eigenvalue weighted by molar-refractivity contribution is 0.0951. The smallest absolute Gasteiger partial charge is 0.251 e. The van der Waals surface area contributed by atoms with Gasteiger partial charge in [-0.2, -0.15) is 0 Å². The normalized spacial score (nSPS) is 23.1. The SMILES string of the molecule is C[C@H](CNC(=O)c1ccc(NC2=N[C@@H]3CS(=O)(=O)C[C@H]3S2)cc1)c1ccccc1. The third kappa shape index (κ3) is 4.82. The molecule has 2 aromatic rings. The van der Waals surface area contributed by atoms with E-state index >= 15 is 0 Å². The molecule has 0 aliphatic carbocycles. The van der Waals surface area contributed by atoms with E-state index in [2.05, 4.69) is 34.7 Å². The van der Waals surface area contributed by atoms with Gasteiger partial charge in [0.15, 0.2) is 15.0 Å². The van der Waals surface area contributed by atoms with Crippen molar-refractivity contribution in [3.63, 3.8) is 0 Å². The first-order chi connectivity index (χ1) is 13.9. The molecule has 2 heterocycles. The summed E-state index contributed by atoms with van der Waals surface area (Å²) in [5.41, 5.74) is 2.62. The van der Waals surface area contributed by atoms with Crippen molar-refractivity contribution in [1.29, 1.82) is 0 Å². The van der Waals surface area contributed by atoms with Crippen molar-refractivity contribution in [2.45, 2.75) is 24.1 Å². The Labute approximate surface area is 175 Å². The highest BCUT2D eigenvalue weighted by molar-refractivity contribution is 8.15. The number of nitrogens with zero attached hydrogens (tertiary/aromatic N) is 1. The fourth-order valence-corrected chi connectivity index (χ4v) is 7.17.